The lowest BCUT2D eigenvalue weighted by Gasteiger charge is -2.09. The van der Waals surface area contributed by atoms with Gasteiger partial charge in [0.05, 0.1) is 0 Å². The number of benzene rings is 1. The van der Waals surface area contributed by atoms with Crippen molar-refractivity contribution < 1.29 is 10.2 Å². The van der Waals surface area contributed by atoms with Crippen LogP contribution in [0.2, 0.25) is 0 Å². The van der Waals surface area contributed by atoms with Crippen LogP contribution >= 0.6 is 0 Å². The van der Waals surface area contributed by atoms with E-state index in [0.29, 0.717) is 5.75 Å². The fourth-order valence-corrected chi connectivity index (χ4v) is 1.56. The third kappa shape index (κ3) is 2.48. The zero-order valence-electron chi connectivity index (χ0n) is 8.88. The minimum atomic E-state index is 0.260. The van der Waals surface area contributed by atoms with Crippen molar-refractivity contribution in [3.8, 4) is 5.75 Å². The van der Waals surface area contributed by atoms with Crippen molar-refractivity contribution in [2.24, 2.45) is 0 Å². The number of aryl methyl sites for hydroxylation is 1. The van der Waals surface area contributed by atoms with Crippen LogP contribution in [0.25, 0.3) is 0 Å². The molecule has 0 saturated carbocycles. The molecule has 0 aliphatic rings. The van der Waals surface area contributed by atoms with Crippen LogP contribution in [0, 0.1) is 13.8 Å². The third-order valence-corrected chi connectivity index (χ3v) is 2.72. The SMILES string of the molecule is Cc1c(O)ccc(CCCCO)c1C. The van der Waals surface area contributed by atoms with E-state index in [1.54, 1.807) is 6.07 Å². The van der Waals surface area contributed by atoms with Crippen LogP contribution in [-0.2, 0) is 6.42 Å². The first-order valence-corrected chi connectivity index (χ1v) is 5.05. The highest BCUT2D eigenvalue weighted by Gasteiger charge is 2.04. The maximum absolute atomic E-state index is 9.46. The number of hydrogen-bond acceptors (Lipinski definition) is 2. The number of aliphatic hydroxyl groups excluding tert-OH is 1. The predicted octanol–water partition coefficient (Wildman–Crippen LogP) is 2.32. The molecule has 0 unspecified atom stereocenters. The van der Waals surface area contributed by atoms with Gasteiger partial charge in [-0.05, 0) is 55.9 Å². The molecule has 0 spiro atoms. The second-order valence-corrected chi connectivity index (χ2v) is 3.67. The molecule has 0 bridgehead atoms. The largest absolute Gasteiger partial charge is 0.508 e. The average molecular weight is 194 g/mol. The lowest BCUT2D eigenvalue weighted by atomic mass is 9.98. The van der Waals surface area contributed by atoms with Gasteiger partial charge in [0.25, 0.3) is 0 Å². The molecular weight excluding hydrogens is 176 g/mol. The van der Waals surface area contributed by atoms with Crippen molar-refractivity contribution in [2.75, 3.05) is 6.61 Å². The van der Waals surface area contributed by atoms with Gasteiger partial charge >= 0.3 is 0 Å². The van der Waals surface area contributed by atoms with Gasteiger partial charge in [-0.3, -0.25) is 0 Å². The summed E-state index contributed by atoms with van der Waals surface area (Å²) in [6.07, 6.45) is 2.83. The summed E-state index contributed by atoms with van der Waals surface area (Å²) in [6, 6.07) is 3.71. The molecule has 1 aromatic rings. The number of phenolic OH excluding ortho intramolecular Hbond substituents is 1. The Hall–Kier alpha value is -1.02. The Morgan fingerprint density at radius 3 is 2.43 bits per heavy atom. The van der Waals surface area contributed by atoms with E-state index in [1.165, 1.54) is 11.1 Å². The fraction of sp³-hybridized carbons (Fsp3) is 0.500. The summed E-state index contributed by atoms with van der Waals surface area (Å²) in [4.78, 5) is 0. The zero-order chi connectivity index (χ0) is 10.6. The Morgan fingerprint density at radius 2 is 1.79 bits per heavy atom. The summed E-state index contributed by atoms with van der Waals surface area (Å²) in [5, 5.41) is 18.1. The topological polar surface area (TPSA) is 40.5 Å². The summed E-state index contributed by atoms with van der Waals surface area (Å²) < 4.78 is 0. The van der Waals surface area contributed by atoms with Crippen LogP contribution in [0.4, 0.5) is 0 Å². The molecule has 0 fully saturated rings. The third-order valence-electron chi connectivity index (χ3n) is 2.72. The lowest BCUT2D eigenvalue weighted by Crippen LogP contribution is -1.94. The van der Waals surface area contributed by atoms with Crippen LogP contribution in [0.1, 0.15) is 29.5 Å². The molecule has 1 aromatic carbocycles. The maximum Gasteiger partial charge on any atom is 0.118 e. The van der Waals surface area contributed by atoms with E-state index >= 15 is 0 Å². The van der Waals surface area contributed by atoms with Gasteiger partial charge in [0.15, 0.2) is 0 Å². The number of rotatable bonds is 4. The summed E-state index contributed by atoms with van der Waals surface area (Å²) in [7, 11) is 0. The van der Waals surface area contributed by atoms with Crippen molar-refractivity contribution >= 4 is 0 Å². The van der Waals surface area contributed by atoms with Crippen LogP contribution in [0.5, 0.6) is 5.75 Å². The maximum atomic E-state index is 9.46. The molecule has 0 aromatic heterocycles. The van der Waals surface area contributed by atoms with Crippen molar-refractivity contribution in [3.05, 3.63) is 28.8 Å². The van der Waals surface area contributed by atoms with E-state index in [-0.39, 0.29) is 6.61 Å². The molecule has 0 aliphatic heterocycles. The summed E-state index contributed by atoms with van der Waals surface area (Å²) in [6.45, 7) is 4.22. The highest BCUT2D eigenvalue weighted by atomic mass is 16.3. The first kappa shape index (κ1) is 11.1. The van der Waals surface area contributed by atoms with Gasteiger partial charge in [-0.25, -0.2) is 0 Å². The Balaban J connectivity index is 2.73. The molecule has 0 saturated heterocycles. The van der Waals surface area contributed by atoms with Crippen molar-refractivity contribution in [2.45, 2.75) is 33.1 Å². The number of hydrogen-bond donors (Lipinski definition) is 2. The average Bonchev–Trinajstić information content (AvgIpc) is 2.18. The molecule has 1 rings (SSSR count). The van der Waals surface area contributed by atoms with E-state index < -0.39 is 0 Å². The van der Waals surface area contributed by atoms with Crippen LogP contribution in [0.15, 0.2) is 12.1 Å². The summed E-state index contributed by atoms with van der Waals surface area (Å²) in [5.74, 6) is 0.369. The molecule has 2 N–H and O–H groups in total. The van der Waals surface area contributed by atoms with E-state index in [1.807, 2.05) is 19.9 Å². The lowest BCUT2D eigenvalue weighted by molar-refractivity contribution is 0.284. The Kier molecular flexibility index (Phi) is 3.96. The van der Waals surface area contributed by atoms with Crippen molar-refractivity contribution in [1.29, 1.82) is 0 Å². The number of aliphatic hydroxyl groups is 1. The predicted molar refractivity (Wildman–Crippen MR) is 57.6 cm³/mol. The minimum Gasteiger partial charge on any atom is -0.508 e. The second-order valence-electron chi connectivity index (χ2n) is 3.67. The molecule has 2 nitrogen and oxygen atoms in total. The van der Waals surface area contributed by atoms with Gasteiger partial charge in [0.1, 0.15) is 5.75 Å². The van der Waals surface area contributed by atoms with E-state index in [0.717, 1.165) is 24.8 Å². The number of unbranched alkanes of at least 4 members (excludes halogenated alkanes) is 1. The molecule has 2 heteroatoms. The second kappa shape index (κ2) is 5.01. The Morgan fingerprint density at radius 1 is 1.07 bits per heavy atom. The normalized spacial score (nSPS) is 10.5. The molecule has 0 atom stereocenters. The smallest absolute Gasteiger partial charge is 0.118 e. The molecule has 0 heterocycles. The quantitative estimate of drug-likeness (QED) is 0.722. The number of aromatic hydroxyl groups is 1. The molecule has 0 radical (unpaired) electrons. The van der Waals surface area contributed by atoms with Gasteiger partial charge in [0.2, 0.25) is 0 Å². The summed E-state index contributed by atoms with van der Waals surface area (Å²) >= 11 is 0. The molecule has 0 amide bonds. The van der Waals surface area contributed by atoms with Gasteiger partial charge < -0.3 is 10.2 Å². The van der Waals surface area contributed by atoms with Crippen molar-refractivity contribution in [3.63, 3.8) is 0 Å². The van der Waals surface area contributed by atoms with Crippen LogP contribution in [0.3, 0.4) is 0 Å². The molecular formula is C12H18O2. The first-order valence-electron chi connectivity index (χ1n) is 5.05. The molecule has 0 aliphatic carbocycles. The van der Waals surface area contributed by atoms with E-state index in [9.17, 15) is 5.11 Å². The van der Waals surface area contributed by atoms with Gasteiger partial charge in [-0.15, -0.1) is 0 Å². The highest BCUT2D eigenvalue weighted by Crippen LogP contribution is 2.23. The molecule has 14 heavy (non-hydrogen) atoms. The summed E-state index contributed by atoms with van der Waals surface area (Å²) in [5.41, 5.74) is 3.41. The zero-order valence-corrected chi connectivity index (χ0v) is 8.88. The van der Waals surface area contributed by atoms with Gasteiger partial charge in [-0.2, -0.15) is 0 Å². The molecule has 78 valence electrons. The van der Waals surface area contributed by atoms with Crippen LogP contribution in [-0.4, -0.2) is 16.8 Å². The van der Waals surface area contributed by atoms with Gasteiger partial charge in [0, 0.05) is 6.61 Å². The van der Waals surface area contributed by atoms with Crippen LogP contribution < -0.4 is 0 Å². The van der Waals surface area contributed by atoms with E-state index in [2.05, 4.69) is 0 Å². The number of phenols is 1. The standard InChI is InChI=1S/C12H18O2/c1-9-10(2)12(14)7-6-11(9)5-3-4-8-13/h6-7,13-14H,3-5,8H2,1-2H3. The Bertz CT molecular complexity index is 305. The fourth-order valence-electron chi connectivity index (χ4n) is 1.56. The minimum absolute atomic E-state index is 0.260. The highest BCUT2D eigenvalue weighted by molar-refractivity contribution is 5.42. The monoisotopic (exact) mass is 194 g/mol. The van der Waals surface area contributed by atoms with Crippen molar-refractivity contribution in [1.82, 2.24) is 0 Å². The Labute approximate surface area is 85.2 Å². The first-order chi connectivity index (χ1) is 6.66. The van der Waals surface area contributed by atoms with E-state index in [4.69, 9.17) is 5.11 Å². The van der Waals surface area contributed by atoms with Gasteiger partial charge in [-0.1, -0.05) is 6.07 Å².